The Morgan fingerprint density at radius 2 is 1.83 bits per heavy atom. The molecular weight excluding hydrogens is 304 g/mol. The molecule has 140 valence electrons. The number of hydrogen-bond acceptors (Lipinski definition) is 3. The van der Waals surface area contributed by atoms with E-state index in [2.05, 4.69) is 20.9 Å². The number of hydrogen-bond donors (Lipinski definition) is 3. The van der Waals surface area contributed by atoms with Gasteiger partial charge in [-0.3, -0.25) is 9.79 Å². The summed E-state index contributed by atoms with van der Waals surface area (Å²) in [5, 5.41) is 9.35. The first-order chi connectivity index (χ1) is 11.6. The molecule has 0 aromatic heterocycles. The van der Waals surface area contributed by atoms with E-state index in [-0.39, 0.29) is 11.8 Å². The number of guanidine groups is 1. The maximum Gasteiger partial charge on any atom is 0.222 e. The number of carbonyl (C=O) groups is 1. The van der Waals surface area contributed by atoms with E-state index in [0.717, 1.165) is 32.1 Å². The molecule has 0 atom stereocenters. The van der Waals surface area contributed by atoms with Gasteiger partial charge in [0.05, 0.1) is 6.10 Å². The number of carbonyl (C=O) groups excluding carboxylic acids is 1. The van der Waals surface area contributed by atoms with Crippen LogP contribution in [0.5, 0.6) is 0 Å². The van der Waals surface area contributed by atoms with E-state index < -0.39 is 0 Å². The van der Waals surface area contributed by atoms with Gasteiger partial charge < -0.3 is 20.7 Å². The Morgan fingerprint density at radius 1 is 1.12 bits per heavy atom. The van der Waals surface area contributed by atoms with E-state index in [0.29, 0.717) is 19.2 Å². The zero-order valence-electron chi connectivity index (χ0n) is 15.7. The molecule has 3 N–H and O–H groups in total. The molecule has 1 aliphatic rings. The molecule has 0 spiro atoms. The summed E-state index contributed by atoms with van der Waals surface area (Å²) in [5.74, 6) is 0.906. The van der Waals surface area contributed by atoms with Crippen molar-refractivity contribution < 1.29 is 9.53 Å². The SMILES string of the molecule is CCNC(=NCCCOC1CCCCC1)NCCNC(=O)C(C)C. The fourth-order valence-corrected chi connectivity index (χ4v) is 2.65. The summed E-state index contributed by atoms with van der Waals surface area (Å²) < 4.78 is 5.91. The Labute approximate surface area is 147 Å². The van der Waals surface area contributed by atoms with Crippen LogP contribution in [0.3, 0.4) is 0 Å². The second-order valence-electron chi connectivity index (χ2n) is 6.62. The highest BCUT2D eigenvalue weighted by atomic mass is 16.5. The molecule has 6 nitrogen and oxygen atoms in total. The normalized spacial score (nSPS) is 16.2. The number of nitrogens with zero attached hydrogens (tertiary/aromatic N) is 1. The van der Waals surface area contributed by atoms with Crippen molar-refractivity contribution in [1.82, 2.24) is 16.0 Å². The van der Waals surface area contributed by atoms with Gasteiger partial charge in [0, 0.05) is 38.7 Å². The molecule has 6 heteroatoms. The summed E-state index contributed by atoms with van der Waals surface area (Å²) in [6.45, 7) is 9.47. The third-order valence-corrected chi connectivity index (χ3v) is 4.06. The van der Waals surface area contributed by atoms with Crippen molar-refractivity contribution in [2.45, 2.75) is 65.4 Å². The van der Waals surface area contributed by atoms with Crippen LogP contribution in [0.15, 0.2) is 4.99 Å². The molecule has 1 rings (SSSR count). The number of ether oxygens (including phenoxy) is 1. The molecule has 0 aliphatic heterocycles. The third-order valence-electron chi connectivity index (χ3n) is 4.06. The van der Waals surface area contributed by atoms with Crippen molar-refractivity contribution in [3.05, 3.63) is 0 Å². The van der Waals surface area contributed by atoms with Crippen LogP contribution in [-0.4, -0.2) is 50.8 Å². The van der Waals surface area contributed by atoms with Gasteiger partial charge in [-0.15, -0.1) is 0 Å². The molecule has 0 saturated heterocycles. The predicted molar refractivity (Wildman–Crippen MR) is 99.3 cm³/mol. The van der Waals surface area contributed by atoms with Crippen LogP contribution in [-0.2, 0) is 9.53 Å². The van der Waals surface area contributed by atoms with Crippen molar-refractivity contribution in [2.75, 3.05) is 32.8 Å². The minimum atomic E-state index is 0.0241. The van der Waals surface area contributed by atoms with Gasteiger partial charge in [0.1, 0.15) is 0 Å². The van der Waals surface area contributed by atoms with Crippen LogP contribution in [0.2, 0.25) is 0 Å². The fraction of sp³-hybridized carbons (Fsp3) is 0.889. The summed E-state index contributed by atoms with van der Waals surface area (Å²) >= 11 is 0. The maximum absolute atomic E-state index is 11.5. The first-order valence-corrected chi connectivity index (χ1v) is 9.55. The molecule has 1 saturated carbocycles. The molecule has 1 fully saturated rings. The summed E-state index contributed by atoms with van der Waals surface area (Å²) in [4.78, 5) is 16.0. The van der Waals surface area contributed by atoms with Crippen LogP contribution in [0.25, 0.3) is 0 Å². The minimum Gasteiger partial charge on any atom is -0.378 e. The quantitative estimate of drug-likeness (QED) is 0.323. The second kappa shape index (κ2) is 13.0. The summed E-state index contributed by atoms with van der Waals surface area (Å²) in [7, 11) is 0. The zero-order valence-corrected chi connectivity index (χ0v) is 15.7. The van der Waals surface area contributed by atoms with Gasteiger partial charge in [-0.1, -0.05) is 33.1 Å². The largest absolute Gasteiger partial charge is 0.378 e. The predicted octanol–water partition coefficient (Wildman–Crippen LogP) is 2.05. The Kier molecular flexibility index (Phi) is 11.3. The molecule has 0 bridgehead atoms. The molecule has 0 aromatic carbocycles. The van der Waals surface area contributed by atoms with Crippen molar-refractivity contribution in [3.8, 4) is 0 Å². The third kappa shape index (κ3) is 9.75. The van der Waals surface area contributed by atoms with E-state index in [1.807, 2.05) is 20.8 Å². The van der Waals surface area contributed by atoms with Gasteiger partial charge in [0.25, 0.3) is 0 Å². The van der Waals surface area contributed by atoms with Gasteiger partial charge >= 0.3 is 0 Å². The monoisotopic (exact) mass is 340 g/mol. The lowest BCUT2D eigenvalue weighted by Crippen LogP contribution is -2.42. The Hall–Kier alpha value is -1.30. The Balaban J connectivity index is 2.13. The number of rotatable bonds is 10. The van der Waals surface area contributed by atoms with Crippen LogP contribution < -0.4 is 16.0 Å². The standard InChI is InChI=1S/C18H36N4O2/c1-4-19-18(22-13-12-20-17(23)15(2)3)21-11-8-14-24-16-9-6-5-7-10-16/h15-16H,4-14H2,1-3H3,(H,20,23)(H2,19,21,22). The van der Waals surface area contributed by atoms with E-state index in [4.69, 9.17) is 4.74 Å². The van der Waals surface area contributed by atoms with E-state index in [1.54, 1.807) is 0 Å². The zero-order chi connectivity index (χ0) is 17.6. The van der Waals surface area contributed by atoms with E-state index in [1.165, 1.54) is 32.1 Å². The molecule has 24 heavy (non-hydrogen) atoms. The fourth-order valence-electron chi connectivity index (χ4n) is 2.65. The number of nitrogens with one attached hydrogen (secondary N) is 3. The van der Waals surface area contributed by atoms with Gasteiger partial charge in [-0.05, 0) is 26.2 Å². The van der Waals surface area contributed by atoms with Crippen LogP contribution in [0.4, 0.5) is 0 Å². The number of aliphatic imine (C=N–C) groups is 1. The van der Waals surface area contributed by atoms with Crippen LogP contribution in [0.1, 0.15) is 59.3 Å². The molecule has 0 aromatic rings. The van der Waals surface area contributed by atoms with Gasteiger partial charge in [-0.25, -0.2) is 0 Å². The molecule has 1 aliphatic carbocycles. The molecular formula is C18H36N4O2. The highest BCUT2D eigenvalue weighted by Crippen LogP contribution is 2.20. The highest BCUT2D eigenvalue weighted by molar-refractivity contribution is 5.80. The number of amides is 1. The topological polar surface area (TPSA) is 74.8 Å². The maximum atomic E-state index is 11.5. The highest BCUT2D eigenvalue weighted by Gasteiger charge is 2.12. The lowest BCUT2D eigenvalue weighted by atomic mass is 9.98. The van der Waals surface area contributed by atoms with E-state index >= 15 is 0 Å². The molecule has 1 amide bonds. The summed E-state index contributed by atoms with van der Waals surface area (Å²) in [5.41, 5.74) is 0. The second-order valence-corrected chi connectivity index (χ2v) is 6.62. The van der Waals surface area contributed by atoms with E-state index in [9.17, 15) is 4.79 Å². The van der Waals surface area contributed by atoms with Crippen LogP contribution in [0, 0.1) is 5.92 Å². The van der Waals surface area contributed by atoms with Gasteiger partial charge in [-0.2, -0.15) is 0 Å². The first kappa shape index (κ1) is 20.7. The first-order valence-electron chi connectivity index (χ1n) is 9.55. The molecule has 0 radical (unpaired) electrons. The van der Waals surface area contributed by atoms with Crippen LogP contribution >= 0.6 is 0 Å². The summed E-state index contributed by atoms with van der Waals surface area (Å²) in [6, 6.07) is 0. The summed E-state index contributed by atoms with van der Waals surface area (Å²) in [6.07, 6.45) is 7.83. The average Bonchev–Trinajstić information content (AvgIpc) is 2.58. The Morgan fingerprint density at radius 3 is 2.50 bits per heavy atom. The molecule has 0 heterocycles. The van der Waals surface area contributed by atoms with Gasteiger partial charge in [0.15, 0.2) is 5.96 Å². The van der Waals surface area contributed by atoms with Gasteiger partial charge in [0.2, 0.25) is 5.91 Å². The van der Waals surface area contributed by atoms with Crippen molar-refractivity contribution in [2.24, 2.45) is 10.9 Å². The minimum absolute atomic E-state index is 0.0241. The lowest BCUT2D eigenvalue weighted by molar-refractivity contribution is -0.123. The average molecular weight is 341 g/mol. The molecule has 0 unspecified atom stereocenters. The Bertz CT molecular complexity index is 366. The van der Waals surface area contributed by atoms with Crippen molar-refractivity contribution >= 4 is 11.9 Å². The smallest absolute Gasteiger partial charge is 0.222 e. The lowest BCUT2D eigenvalue weighted by Gasteiger charge is -2.21. The van der Waals surface area contributed by atoms with Crippen molar-refractivity contribution in [1.29, 1.82) is 0 Å². The van der Waals surface area contributed by atoms with Crippen molar-refractivity contribution in [3.63, 3.8) is 0 Å².